The number of carbonyl (C=O) groups excluding carboxylic acids is 1. The van der Waals surface area contributed by atoms with Gasteiger partial charge in [0.1, 0.15) is 11.0 Å². The van der Waals surface area contributed by atoms with Gasteiger partial charge in [0.2, 0.25) is 11.8 Å². The van der Waals surface area contributed by atoms with Crippen LogP contribution in [0.3, 0.4) is 0 Å². The molecule has 30 heavy (non-hydrogen) atoms. The Bertz CT molecular complexity index is 1140. The average molecular weight is 426 g/mol. The zero-order chi connectivity index (χ0) is 21.1. The van der Waals surface area contributed by atoms with Crippen molar-refractivity contribution in [2.24, 2.45) is 0 Å². The van der Waals surface area contributed by atoms with E-state index < -0.39 is 26.7 Å². The van der Waals surface area contributed by atoms with Crippen LogP contribution in [-0.4, -0.2) is 36.3 Å². The highest BCUT2D eigenvalue weighted by Crippen LogP contribution is 2.28. The molecule has 1 aliphatic heterocycles. The normalized spacial score (nSPS) is 14.9. The van der Waals surface area contributed by atoms with Gasteiger partial charge in [-0.25, -0.2) is 8.42 Å². The van der Waals surface area contributed by atoms with Gasteiger partial charge >= 0.3 is 0 Å². The summed E-state index contributed by atoms with van der Waals surface area (Å²) < 4.78 is 30.9. The summed E-state index contributed by atoms with van der Waals surface area (Å²) in [7, 11) is -3.81. The molecule has 0 fully saturated rings. The van der Waals surface area contributed by atoms with Crippen molar-refractivity contribution in [1.82, 2.24) is 10.1 Å². The number of rotatable bonds is 6. The van der Waals surface area contributed by atoms with Crippen molar-refractivity contribution in [1.29, 1.82) is 0 Å². The Morgan fingerprint density at radius 3 is 2.67 bits per heavy atom. The Hall–Kier alpha value is -3.00. The Morgan fingerprint density at radius 2 is 1.87 bits per heavy atom. The fourth-order valence-electron chi connectivity index (χ4n) is 3.63. The van der Waals surface area contributed by atoms with E-state index in [1.165, 1.54) is 6.92 Å². The van der Waals surface area contributed by atoms with E-state index in [-0.39, 0.29) is 5.89 Å². The summed E-state index contributed by atoms with van der Waals surface area (Å²) in [4.78, 5) is 18.8. The molecule has 7 nitrogen and oxygen atoms in total. The van der Waals surface area contributed by atoms with Crippen molar-refractivity contribution in [3.63, 3.8) is 0 Å². The molecule has 0 spiro atoms. The van der Waals surface area contributed by atoms with Gasteiger partial charge < -0.3 is 9.42 Å². The van der Waals surface area contributed by atoms with Gasteiger partial charge in [-0.3, -0.25) is 4.79 Å². The average Bonchev–Trinajstić information content (AvgIpc) is 3.18. The van der Waals surface area contributed by atoms with Crippen molar-refractivity contribution < 1.29 is 17.7 Å². The quantitative estimate of drug-likeness (QED) is 0.603. The van der Waals surface area contributed by atoms with Crippen LogP contribution in [0.2, 0.25) is 0 Å². The molecule has 0 N–H and O–H groups in total. The van der Waals surface area contributed by atoms with Crippen LogP contribution in [0.5, 0.6) is 0 Å². The second-order valence-corrected chi connectivity index (χ2v) is 9.76. The van der Waals surface area contributed by atoms with Gasteiger partial charge in [0.05, 0.1) is 0 Å². The summed E-state index contributed by atoms with van der Waals surface area (Å²) in [5, 5.41) is 2.67. The summed E-state index contributed by atoms with van der Waals surface area (Å²) >= 11 is 0. The number of hydrogen-bond acceptors (Lipinski definition) is 6. The third-order valence-corrected chi connectivity index (χ3v) is 7.23. The molecule has 156 valence electrons. The SMILES string of the molecule is C[C@H](C(=O)N1CCCc2ccccc21)S(=O)(=O)Cc1nc(Cc2ccccc2)no1. The Morgan fingerprint density at radius 1 is 1.13 bits per heavy atom. The minimum absolute atomic E-state index is 0.000347. The Balaban J connectivity index is 1.47. The van der Waals surface area contributed by atoms with Crippen LogP contribution in [0.4, 0.5) is 5.69 Å². The molecule has 0 bridgehead atoms. The maximum absolute atomic E-state index is 13.0. The predicted octanol–water partition coefficient (Wildman–Crippen LogP) is 2.94. The number of aromatic nitrogens is 2. The van der Waals surface area contributed by atoms with Crippen LogP contribution < -0.4 is 4.90 Å². The van der Waals surface area contributed by atoms with Gasteiger partial charge in [0.15, 0.2) is 15.7 Å². The molecular weight excluding hydrogens is 402 g/mol. The van der Waals surface area contributed by atoms with E-state index in [1.54, 1.807) is 4.90 Å². The molecule has 4 rings (SSSR count). The summed E-state index contributed by atoms with van der Waals surface area (Å²) in [6.45, 7) is 1.94. The second kappa shape index (κ2) is 8.39. The largest absolute Gasteiger partial charge is 0.338 e. The summed E-state index contributed by atoms with van der Waals surface area (Å²) in [6, 6.07) is 17.2. The number of hydrogen-bond donors (Lipinski definition) is 0. The van der Waals surface area contributed by atoms with Gasteiger partial charge in [-0.2, -0.15) is 4.98 Å². The third-order valence-electron chi connectivity index (χ3n) is 5.30. The van der Waals surface area contributed by atoms with Crippen molar-refractivity contribution in [2.75, 3.05) is 11.4 Å². The maximum Gasteiger partial charge on any atom is 0.245 e. The second-order valence-electron chi connectivity index (χ2n) is 7.44. The van der Waals surface area contributed by atoms with E-state index in [4.69, 9.17) is 4.52 Å². The van der Waals surface area contributed by atoms with Crippen LogP contribution >= 0.6 is 0 Å². The van der Waals surface area contributed by atoms with Crippen molar-refractivity contribution in [3.8, 4) is 0 Å². The summed E-state index contributed by atoms with van der Waals surface area (Å²) in [5.41, 5.74) is 2.85. The fraction of sp³-hybridized carbons (Fsp3) is 0.318. The predicted molar refractivity (Wildman–Crippen MR) is 113 cm³/mol. The number of para-hydroxylation sites is 1. The maximum atomic E-state index is 13.0. The highest BCUT2D eigenvalue weighted by Gasteiger charge is 2.35. The lowest BCUT2D eigenvalue weighted by Crippen LogP contribution is -2.44. The zero-order valence-corrected chi connectivity index (χ0v) is 17.5. The molecule has 3 aromatic rings. The number of amides is 1. The molecule has 0 radical (unpaired) electrons. The van der Waals surface area contributed by atoms with Crippen LogP contribution in [0.1, 0.15) is 36.2 Å². The van der Waals surface area contributed by atoms with Gasteiger partial charge in [-0.1, -0.05) is 53.7 Å². The summed E-state index contributed by atoms with van der Waals surface area (Å²) in [5.74, 6) is -0.474. The molecule has 2 heterocycles. The molecule has 1 aliphatic rings. The first-order chi connectivity index (χ1) is 14.4. The number of anilines is 1. The highest BCUT2D eigenvalue weighted by molar-refractivity contribution is 7.92. The van der Waals surface area contributed by atoms with Crippen molar-refractivity contribution >= 4 is 21.4 Å². The van der Waals surface area contributed by atoms with Gasteiger partial charge in [-0.15, -0.1) is 0 Å². The topological polar surface area (TPSA) is 93.4 Å². The first kappa shape index (κ1) is 20.3. The van der Waals surface area contributed by atoms with E-state index in [2.05, 4.69) is 10.1 Å². The number of carbonyl (C=O) groups is 1. The van der Waals surface area contributed by atoms with Gasteiger partial charge in [0, 0.05) is 18.7 Å². The molecule has 1 amide bonds. The molecule has 2 aromatic carbocycles. The highest BCUT2D eigenvalue weighted by atomic mass is 32.2. The summed E-state index contributed by atoms with van der Waals surface area (Å²) in [6.07, 6.45) is 2.14. The van der Waals surface area contributed by atoms with Gasteiger partial charge in [0.25, 0.3) is 0 Å². The lowest BCUT2D eigenvalue weighted by atomic mass is 10.0. The Labute approximate surface area is 175 Å². The monoisotopic (exact) mass is 425 g/mol. The zero-order valence-electron chi connectivity index (χ0n) is 16.7. The van der Waals surface area contributed by atoms with E-state index in [0.717, 1.165) is 29.7 Å². The first-order valence-corrected chi connectivity index (χ1v) is 11.6. The number of nitrogens with zero attached hydrogens (tertiary/aromatic N) is 3. The third kappa shape index (κ3) is 4.28. The molecule has 8 heteroatoms. The molecule has 0 aliphatic carbocycles. The minimum Gasteiger partial charge on any atom is -0.338 e. The van der Waals surface area contributed by atoms with Gasteiger partial charge in [-0.05, 0) is 37.0 Å². The van der Waals surface area contributed by atoms with E-state index >= 15 is 0 Å². The lowest BCUT2D eigenvalue weighted by molar-refractivity contribution is -0.118. The molecule has 0 saturated heterocycles. The molecular formula is C22H23N3O4S. The van der Waals surface area contributed by atoms with Crippen LogP contribution in [0.25, 0.3) is 0 Å². The minimum atomic E-state index is -3.81. The number of aryl methyl sites for hydroxylation is 1. The van der Waals surface area contributed by atoms with E-state index in [1.807, 2.05) is 54.6 Å². The number of benzene rings is 2. The van der Waals surface area contributed by atoms with Crippen molar-refractivity contribution in [2.45, 2.75) is 37.2 Å². The van der Waals surface area contributed by atoms with Crippen molar-refractivity contribution in [3.05, 3.63) is 77.4 Å². The Kier molecular flexibility index (Phi) is 5.67. The first-order valence-electron chi connectivity index (χ1n) is 9.90. The number of fused-ring (bicyclic) bond motifs is 1. The molecule has 0 unspecified atom stereocenters. The van der Waals surface area contributed by atoms with E-state index in [9.17, 15) is 13.2 Å². The number of sulfone groups is 1. The smallest absolute Gasteiger partial charge is 0.245 e. The lowest BCUT2D eigenvalue weighted by Gasteiger charge is -2.31. The van der Waals surface area contributed by atoms with Crippen LogP contribution in [-0.2, 0) is 33.2 Å². The molecule has 1 aromatic heterocycles. The molecule has 0 saturated carbocycles. The van der Waals surface area contributed by atoms with E-state index in [0.29, 0.717) is 18.8 Å². The van der Waals surface area contributed by atoms with Crippen LogP contribution in [0, 0.1) is 0 Å². The molecule has 1 atom stereocenters. The fourth-order valence-corrected chi connectivity index (χ4v) is 4.78. The van der Waals surface area contributed by atoms with Crippen LogP contribution in [0.15, 0.2) is 59.1 Å². The standard InChI is InChI=1S/C22H23N3O4S/c1-16(22(26)25-13-7-11-18-10-5-6-12-19(18)25)30(27,28)15-21-23-20(24-29-21)14-17-8-3-2-4-9-17/h2-6,8-10,12,16H,7,11,13-15H2,1H3/t16-/m1/s1.